The zero-order valence-corrected chi connectivity index (χ0v) is 15.1. The molecule has 0 aliphatic heterocycles. The van der Waals surface area contributed by atoms with Gasteiger partial charge in [-0.3, -0.25) is 14.9 Å². The fraction of sp³-hybridized carbons (Fsp3) is 0.562. The number of hydrogen-bond donors (Lipinski definition) is 3. The molecule has 0 fully saturated rings. The summed E-state index contributed by atoms with van der Waals surface area (Å²) in [7, 11) is -0.985. The van der Waals surface area contributed by atoms with E-state index < -0.39 is 35.7 Å². The van der Waals surface area contributed by atoms with Gasteiger partial charge in [-0.1, -0.05) is 6.07 Å². The van der Waals surface area contributed by atoms with Gasteiger partial charge in [-0.05, 0) is 45.6 Å². The number of esters is 1. The fourth-order valence-corrected chi connectivity index (χ4v) is 2.41. The molecule has 0 aromatic heterocycles. The lowest BCUT2D eigenvalue weighted by molar-refractivity contribution is -0.385. The van der Waals surface area contributed by atoms with Gasteiger partial charge in [0, 0.05) is 18.2 Å². The van der Waals surface area contributed by atoms with Gasteiger partial charge >= 0.3 is 13.0 Å². The standard InChI is InChI=1S/C16H25BN2O6/c1-10-6-7-11(19(23)24)8-12(10)15(21)13(18-17(5)22)9-14(20)25-16(2,3)4/h6-8,13,15,18,21-22H,9H2,1-5H3/t13-,15?/m1/s1. The highest BCUT2D eigenvalue weighted by atomic mass is 16.6. The van der Waals surface area contributed by atoms with Gasteiger partial charge in [-0.15, -0.1) is 0 Å². The largest absolute Gasteiger partial charge is 0.460 e. The molecule has 0 spiro atoms. The summed E-state index contributed by atoms with van der Waals surface area (Å²) in [6.07, 6.45) is -1.44. The predicted molar refractivity (Wildman–Crippen MR) is 94.0 cm³/mol. The predicted octanol–water partition coefficient (Wildman–Crippen LogP) is 1.74. The molecule has 0 heterocycles. The van der Waals surface area contributed by atoms with E-state index in [9.17, 15) is 25.0 Å². The number of aryl methyl sites for hydroxylation is 1. The zero-order valence-electron chi connectivity index (χ0n) is 15.1. The van der Waals surface area contributed by atoms with Crippen molar-refractivity contribution in [3.8, 4) is 0 Å². The third kappa shape index (κ3) is 6.81. The molecule has 25 heavy (non-hydrogen) atoms. The van der Waals surface area contributed by atoms with Crippen LogP contribution in [-0.4, -0.2) is 39.7 Å². The van der Waals surface area contributed by atoms with E-state index in [1.807, 2.05) is 0 Å². The van der Waals surface area contributed by atoms with E-state index in [1.165, 1.54) is 25.0 Å². The van der Waals surface area contributed by atoms with E-state index in [1.54, 1.807) is 27.7 Å². The Hall–Kier alpha value is -1.97. The number of benzene rings is 1. The highest BCUT2D eigenvalue weighted by Gasteiger charge is 2.29. The molecule has 1 aromatic rings. The second-order valence-electron chi connectivity index (χ2n) is 6.98. The van der Waals surface area contributed by atoms with Gasteiger partial charge in [0.15, 0.2) is 0 Å². The molecule has 0 saturated heterocycles. The molecule has 9 heteroatoms. The van der Waals surface area contributed by atoms with E-state index in [2.05, 4.69) is 5.23 Å². The Kier molecular flexibility index (Phi) is 7.10. The van der Waals surface area contributed by atoms with Gasteiger partial charge in [0.05, 0.1) is 17.4 Å². The Bertz CT molecular complexity index is 630. The van der Waals surface area contributed by atoms with Gasteiger partial charge in [-0.2, -0.15) is 0 Å². The fourth-order valence-electron chi connectivity index (χ4n) is 2.41. The molecular formula is C16H25BN2O6. The highest BCUT2D eigenvalue weighted by molar-refractivity contribution is 6.45. The number of hydrogen-bond acceptors (Lipinski definition) is 7. The highest BCUT2D eigenvalue weighted by Crippen LogP contribution is 2.27. The lowest BCUT2D eigenvalue weighted by atomic mass is 9.84. The van der Waals surface area contributed by atoms with Crippen LogP contribution in [0.1, 0.15) is 44.4 Å². The van der Waals surface area contributed by atoms with Crippen molar-refractivity contribution in [3.63, 3.8) is 0 Å². The summed E-state index contributed by atoms with van der Waals surface area (Å²) >= 11 is 0. The number of aliphatic hydroxyl groups excluding tert-OH is 1. The Balaban J connectivity index is 3.08. The Labute approximate surface area is 147 Å². The number of nitrogens with zero attached hydrogens (tertiary/aromatic N) is 1. The second kappa shape index (κ2) is 8.42. The molecule has 1 rings (SSSR count). The van der Waals surface area contributed by atoms with Crippen LogP contribution in [-0.2, 0) is 9.53 Å². The van der Waals surface area contributed by atoms with Crippen molar-refractivity contribution in [3.05, 3.63) is 39.4 Å². The third-order valence-corrected chi connectivity index (χ3v) is 3.44. The van der Waals surface area contributed by atoms with E-state index in [0.717, 1.165) is 0 Å². The SMILES string of the molecule is CB(O)N[C@H](CC(=O)OC(C)(C)C)C(O)c1cc([N+](=O)[O-])ccc1C. The van der Waals surface area contributed by atoms with Gasteiger partial charge in [0.2, 0.25) is 0 Å². The first kappa shape index (κ1) is 21.1. The van der Waals surface area contributed by atoms with Crippen molar-refractivity contribution < 1.29 is 24.6 Å². The molecule has 0 aliphatic carbocycles. The quantitative estimate of drug-likeness (QED) is 0.296. The summed E-state index contributed by atoms with van der Waals surface area (Å²) in [5.74, 6) is -0.548. The Morgan fingerprint density at radius 2 is 2.04 bits per heavy atom. The molecule has 0 bridgehead atoms. The first-order chi connectivity index (χ1) is 11.4. The van der Waals surface area contributed by atoms with Crippen LogP contribution in [0.25, 0.3) is 0 Å². The summed E-state index contributed by atoms with van der Waals surface area (Å²) in [4.78, 5) is 22.5. The number of non-ortho nitro benzene ring substituents is 1. The molecule has 8 nitrogen and oxygen atoms in total. The van der Waals surface area contributed by atoms with Gasteiger partial charge in [0.1, 0.15) is 5.60 Å². The second-order valence-corrected chi connectivity index (χ2v) is 6.98. The molecule has 0 amide bonds. The lowest BCUT2D eigenvalue weighted by Gasteiger charge is -2.27. The zero-order chi connectivity index (χ0) is 19.4. The number of carbonyl (C=O) groups is 1. The summed E-state index contributed by atoms with van der Waals surface area (Å²) in [5, 5.41) is 33.9. The van der Waals surface area contributed by atoms with Crippen molar-refractivity contribution in [2.24, 2.45) is 0 Å². The third-order valence-electron chi connectivity index (χ3n) is 3.44. The molecule has 2 atom stereocenters. The maximum Gasteiger partial charge on any atom is 0.373 e. The van der Waals surface area contributed by atoms with Crippen molar-refractivity contribution >= 4 is 18.7 Å². The molecule has 3 N–H and O–H groups in total. The number of nitro groups is 1. The van der Waals surface area contributed by atoms with Crippen molar-refractivity contribution in [1.29, 1.82) is 0 Å². The van der Waals surface area contributed by atoms with Crippen molar-refractivity contribution in [1.82, 2.24) is 5.23 Å². The minimum atomic E-state index is -1.23. The number of aliphatic hydroxyl groups is 1. The normalized spacial score (nSPS) is 13.9. The topological polar surface area (TPSA) is 122 Å². The Morgan fingerprint density at radius 3 is 2.52 bits per heavy atom. The minimum Gasteiger partial charge on any atom is -0.460 e. The smallest absolute Gasteiger partial charge is 0.373 e. The average Bonchev–Trinajstić information content (AvgIpc) is 2.43. The average molecular weight is 352 g/mol. The first-order valence-corrected chi connectivity index (χ1v) is 7.99. The van der Waals surface area contributed by atoms with E-state index >= 15 is 0 Å². The molecule has 1 unspecified atom stereocenters. The Morgan fingerprint density at radius 1 is 1.44 bits per heavy atom. The molecule has 0 aliphatic rings. The molecule has 0 radical (unpaired) electrons. The van der Waals surface area contributed by atoms with Crippen molar-refractivity contribution in [2.75, 3.05) is 0 Å². The van der Waals surface area contributed by atoms with Gasteiger partial charge in [-0.25, -0.2) is 0 Å². The molecular weight excluding hydrogens is 327 g/mol. The minimum absolute atomic E-state index is 0.160. The van der Waals surface area contributed by atoms with E-state index in [-0.39, 0.29) is 12.1 Å². The van der Waals surface area contributed by atoms with Crippen LogP contribution in [0.4, 0.5) is 5.69 Å². The number of carbonyl (C=O) groups excluding carboxylic acids is 1. The van der Waals surface area contributed by atoms with E-state index in [4.69, 9.17) is 4.74 Å². The van der Waals surface area contributed by atoms with Crippen LogP contribution in [0, 0.1) is 17.0 Å². The van der Waals surface area contributed by atoms with Crippen LogP contribution in [0.3, 0.4) is 0 Å². The monoisotopic (exact) mass is 352 g/mol. The van der Waals surface area contributed by atoms with Crippen LogP contribution in [0.2, 0.25) is 6.82 Å². The van der Waals surface area contributed by atoms with Crippen LogP contribution < -0.4 is 5.23 Å². The maximum absolute atomic E-state index is 12.1. The van der Waals surface area contributed by atoms with Crippen LogP contribution >= 0.6 is 0 Å². The van der Waals surface area contributed by atoms with Gasteiger partial charge < -0.3 is 20.1 Å². The van der Waals surface area contributed by atoms with E-state index in [0.29, 0.717) is 11.1 Å². The van der Waals surface area contributed by atoms with Crippen LogP contribution in [0.5, 0.6) is 0 Å². The number of ether oxygens (including phenoxy) is 1. The lowest BCUT2D eigenvalue weighted by Crippen LogP contribution is -2.45. The van der Waals surface area contributed by atoms with Crippen LogP contribution in [0.15, 0.2) is 18.2 Å². The first-order valence-electron chi connectivity index (χ1n) is 7.99. The number of nitro benzene ring substituents is 1. The van der Waals surface area contributed by atoms with Gasteiger partial charge in [0.25, 0.3) is 5.69 Å². The summed E-state index contributed by atoms with van der Waals surface area (Å²) in [6.45, 7) is 8.33. The molecule has 0 saturated carbocycles. The summed E-state index contributed by atoms with van der Waals surface area (Å²) in [5.41, 5.74) is 0.113. The maximum atomic E-state index is 12.1. The number of nitrogens with one attached hydrogen (secondary N) is 1. The summed E-state index contributed by atoms with van der Waals surface area (Å²) in [6, 6.07) is 3.28. The summed E-state index contributed by atoms with van der Waals surface area (Å²) < 4.78 is 5.25. The molecule has 138 valence electrons. The van der Waals surface area contributed by atoms with Crippen molar-refractivity contribution in [2.45, 2.75) is 58.7 Å². The molecule has 1 aromatic carbocycles. The number of rotatable bonds is 7.